The first-order chi connectivity index (χ1) is 12.1. The number of pyridine rings is 1. The first-order valence-electron chi connectivity index (χ1n) is 7.73. The van der Waals surface area contributed by atoms with Crippen LogP contribution < -0.4 is 11.2 Å². The molecule has 0 radical (unpaired) electrons. The number of hydrogen-bond donors (Lipinski definition) is 1. The molecule has 0 saturated heterocycles. The summed E-state index contributed by atoms with van der Waals surface area (Å²) in [6.07, 6.45) is 3.50. The summed E-state index contributed by atoms with van der Waals surface area (Å²) in [6, 6.07) is 11.7. The molecule has 3 heterocycles. The van der Waals surface area contributed by atoms with E-state index in [1.54, 1.807) is 19.4 Å². The Morgan fingerprint density at radius 1 is 0.840 bits per heavy atom. The van der Waals surface area contributed by atoms with Gasteiger partial charge in [-0.1, -0.05) is 24.3 Å². The lowest BCUT2D eigenvalue weighted by Crippen LogP contribution is -2.36. The molecule has 25 heavy (non-hydrogen) atoms. The maximum atomic E-state index is 12.3. The standard InChI is InChI=1S/C18H15N5O2/c1-22-16-14(17(24)23(2)18(22)25)20-15(21-16)13-5-3-11(4-6-13)12-7-9-19-10-8-12/h3-10H,1-2H3,(H,20,21). The summed E-state index contributed by atoms with van der Waals surface area (Å²) in [5.74, 6) is 0.551. The Bertz CT molecular complexity index is 1180. The molecule has 3 aromatic heterocycles. The normalized spacial score (nSPS) is 11.1. The number of imidazole rings is 1. The van der Waals surface area contributed by atoms with Gasteiger partial charge in [0.2, 0.25) is 0 Å². The Balaban J connectivity index is 1.83. The van der Waals surface area contributed by atoms with Gasteiger partial charge in [0.05, 0.1) is 0 Å². The number of benzene rings is 1. The molecule has 4 rings (SSSR count). The lowest BCUT2D eigenvalue weighted by Gasteiger charge is -2.02. The Hall–Kier alpha value is -3.48. The van der Waals surface area contributed by atoms with Crippen molar-refractivity contribution in [1.29, 1.82) is 0 Å². The monoisotopic (exact) mass is 333 g/mol. The molecule has 1 N–H and O–H groups in total. The van der Waals surface area contributed by atoms with Gasteiger partial charge in [-0.25, -0.2) is 9.78 Å². The molecule has 0 aliphatic heterocycles. The molecule has 7 heteroatoms. The van der Waals surface area contributed by atoms with Gasteiger partial charge >= 0.3 is 5.69 Å². The van der Waals surface area contributed by atoms with E-state index < -0.39 is 5.69 Å². The quantitative estimate of drug-likeness (QED) is 0.605. The molecular weight excluding hydrogens is 318 g/mol. The van der Waals surface area contributed by atoms with Gasteiger partial charge in [0.15, 0.2) is 5.65 Å². The van der Waals surface area contributed by atoms with Crippen molar-refractivity contribution in [2.45, 2.75) is 0 Å². The number of H-pyrrole nitrogens is 1. The van der Waals surface area contributed by atoms with Gasteiger partial charge in [0, 0.05) is 32.1 Å². The largest absolute Gasteiger partial charge is 0.332 e. The van der Waals surface area contributed by atoms with Crippen LogP contribution in [0.4, 0.5) is 0 Å². The van der Waals surface area contributed by atoms with E-state index in [2.05, 4.69) is 15.0 Å². The van der Waals surface area contributed by atoms with Gasteiger partial charge in [-0.15, -0.1) is 0 Å². The summed E-state index contributed by atoms with van der Waals surface area (Å²) in [4.78, 5) is 35.8. The lowest BCUT2D eigenvalue weighted by molar-refractivity contribution is 0.709. The zero-order valence-corrected chi connectivity index (χ0v) is 13.7. The Morgan fingerprint density at radius 2 is 1.44 bits per heavy atom. The molecule has 0 atom stereocenters. The average molecular weight is 333 g/mol. The summed E-state index contributed by atoms with van der Waals surface area (Å²) < 4.78 is 2.43. The molecule has 1 aromatic carbocycles. The zero-order valence-electron chi connectivity index (χ0n) is 13.7. The lowest BCUT2D eigenvalue weighted by atomic mass is 10.1. The Labute approximate surface area is 142 Å². The third-order valence-corrected chi connectivity index (χ3v) is 4.27. The highest BCUT2D eigenvalue weighted by Gasteiger charge is 2.14. The Morgan fingerprint density at radius 3 is 2.12 bits per heavy atom. The van der Waals surface area contributed by atoms with Crippen LogP contribution in [0.2, 0.25) is 0 Å². The third kappa shape index (κ3) is 2.37. The number of aromatic amines is 1. The molecule has 4 aromatic rings. The van der Waals surface area contributed by atoms with Crippen molar-refractivity contribution in [1.82, 2.24) is 24.1 Å². The number of aryl methyl sites for hydroxylation is 1. The summed E-state index contributed by atoms with van der Waals surface area (Å²) >= 11 is 0. The van der Waals surface area contributed by atoms with E-state index in [4.69, 9.17) is 0 Å². The second kappa shape index (κ2) is 5.55. The van der Waals surface area contributed by atoms with Crippen LogP contribution in [-0.4, -0.2) is 24.1 Å². The molecule has 124 valence electrons. The molecule has 0 aliphatic rings. The minimum absolute atomic E-state index is 0.317. The SMILES string of the molecule is Cn1c(=O)c2[nH]c(-c3ccc(-c4ccncc4)cc3)nc2n(C)c1=O. The Kier molecular flexibility index (Phi) is 3.35. The second-order valence-electron chi connectivity index (χ2n) is 5.80. The van der Waals surface area contributed by atoms with Crippen LogP contribution in [0.15, 0.2) is 58.4 Å². The molecule has 7 nitrogen and oxygen atoms in total. The first-order valence-corrected chi connectivity index (χ1v) is 7.73. The van der Waals surface area contributed by atoms with Gasteiger partial charge in [-0.2, -0.15) is 0 Å². The predicted molar refractivity (Wildman–Crippen MR) is 95.2 cm³/mol. The fourth-order valence-corrected chi connectivity index (χ4v) is 2.83. The number of rotatable bonds is 2. The van der Waals surface area contributed by atoms with Gasteiger partial charge in [-0.3, -0.25) is 18.9 Å². The summed E-state index contributed by atoms with van der Waals surface area (Å²) in [6.45, 7) is 0. The molecular formula is C18H15N5O2. The highest BCUT2D eigenvalue weighted by molar-refractivity contribution is 5.76. The minimum atomic E-state index is -0.399. The van der Waals surface area contributed by atoms with Gasteiger partial charge in [-0.05, 0) is 23.3 Å². The smallest absolute Gasteiger partial charge is 0.332 e. The predicted octanol–water partition coefficient (Wildman–Crippen LogP) is 1.69. The number of fused-ring (bicyclic) bond motifs is 1. The molecule has 0 unspecified atom stereocenters. The van der Waals surface area contributed by atoms with E-state index in [9.17, 15) is 9.59 Å². The van der Waals surface area contributed by atoms with E-state index in [1.165, 1.54) is 11.6 Å². The van der Waals surface area contributed by atoms with Crippen LogP contribution >= 0.6 is 0 Å². The molecule has 0 amide bonds. The number of nitrogens with one attached hydrogen (secondary N) is 1. The fraction of sp³-hybridized carbons (Fsp3) is 0.111. The van der Waals surface area contributed by atoms with Crippen molar-refractivity contribution in [2.75, 3.05) is 0 Å². The van der Waals surface area contributed by atoms with Crippen molar-refractivity contribution < 1.29 is 0 Å². The molecule has 0 aliphatic carbocycles. The van der Waals surface area contributed by atoms with Crippen LogP contribution in [0, 0.1) is 0 Å². The van der Waals surface area contributed by atoms with Crippen molar-refractivity contribution in [3.63, 3.8) is 0 Å². The van der Waals surface area contributed by atoms with Gasteiger partial charge < -0.3 is 4.98 Å². The fourth-order valence-electron chi connectivity index (χ4n) is 2.83. The summed E-state index contributed by atoms with van der Waals surface area (Å²) in [5, 5.41) is 0. The van der Waals surface area contributed by atoms with Crippen molar-refractivity contribution in [2.24, 2.45) is 14.1 Å². The van der Waals surface area contributed by atoms with Crippen molar-refractivity contribution in [3.8, 4) is 22.5 Å². The number of nitrogens with zero attached hydrogens (tertiary/aromatic N) is 4. The van der Waals surface area contributed by atoms with Crippen LogP contribution in [0.3, 0.4) is 0 Å². The maximum absolute atomic E-state index is 12.3. The molecule has 0 bridgehead atoms. The average Bonchev–Trinajstić information content (AvgIpc) is 3.11. The van der Waals surface area contributed by atoms with Gasteiger partial charge in [0.25, 0.3) is 5.56 Å². The molecule has 0 spiro atoms. The van der Waals surface area contributed by atoms with E-state index in [1.807, 2.05) is 36.4 Å². The second-order valence-corrected chi connectivity index (χ2v) is 5.80. The minimum Gasteiger partial charge on any atom is -0.332 e. The van der Waals surface area contributed by atoms with Crippen LogP contribution in [0.25, 0.3) is 33.7 Å². The van der Waals surface area contributed by atoms with Crippen molar-refractivity contribution in [3.05, 3.63) is 69.6 Å². The third-order valence-electron chi connectivity index (χ3n) is 4.27. The highest BCUT2D eigenvalue weighted by Crippen LogP contribution is 2.23. The highest BCUT2D eigenvalue weighted by atomic mass is 16.2. The summed E-state index contributed by atoms with van der Waals surface area (Å²) in [5.41, 5.74) is 2.85. The van der Waals surface area contributed by atoms with E-state index in [0.29, 0.717) is 17.0 Å². The van der Waals surface area contributed by atoms with Gasteiger partial charge in [0.1, 0.15) is 11.3 Å². The topological polar surface area (TPSA) is 85.6 Å². The summed E-state index contributed by atoms with van der Waals surface area (Å²) in [7, 11) is 3.05. The first kappa shape index (κ1) is 15.1. The van der Waals surface area contributed by atoms with Crippen LogP contribution in [0.1, 0.15) is 0 Å². The zero-order chi connectivity index (χ0) is 17.6. The molecule has 0 saturated carbocycles. The number of aromatic nitrogens is 5. The van der Waals surface area contributed by atoms with Crippen LogP contribution in [0.5, 0.6) is 0 Å². The maximum Gasteiger partial charge on any atom is 0.332 e. The van der Waals surface area contributed by atoms with E-state index in [0.717, 1.165) is 21.3 Å². The van der Waals surface area contributed by atoms with Crippen molar-refractivity contribution >= 4 is 11.2 Å². The number of hydrogen-bond acceptors (Lipinski definition) is 4. The van der Waals surface area contributed by atoms with E-state index in [-0.39, 0.29) is 5.56 Å². The molecule has 0 fully saturated rings. The van der Waals surface area contributed by atoms with Crippen LogP contribution in [-0.2, 0) is 14.1 Å². The van der Waals surface area contributed by atoms with E-state index >= 15 is 0 Å².